The fraction of sp³-hybridized carbons (Fsp3) is 0.214. The van der Waals surface area contributed by atoms with Crippen LogP contribution < -0.4 is 10.6 Å². The molecule has 20 heavy (non-hydrogen) atoms. The maximum atomic E-state index is 12.0. The van der Waals surface area contributed by atoms with Crippen molar-refractivity contribution in [3.8, 4) is 0 Å². The largest absolute Gasteiger partial charge is 0.352 e. The van der Waals surface area contributed by atoms with Crippen LogP contribution in [0.5, 0.6) is 0 Å². The van der Waals surface area contributed by atoms with Gasteiger partial charge in [-0.2, -0.15) is 0 Å². The molecule has 0 saturated heterocycles. The van der Waals surface area contributed by atoms with Crippen LogP contribution in [-0.4, -0.2) is 23.3 Å². The van der Waals surface area contributed by atoms with Gasteiger partial charge in [0.25, 0.3) is 11.8 Å². The van der Waals surface area contributed by atoms with Crippen LogP contribution in [0.2, 0.25) is 0 Å². The molecule has 0 unspecified atom stereocenters. The number of nitrogens with one attached hydrogen (secondary N) is 2. The van der Waals surface area contributed by atoms with Gasteiger partial charge in [-0.25, -0.2) is 4.98 Å². The Morgan fingerprint density at radius 2 is 2.10 bits per heavy atom. The number of carbonyl (C=O) groups is 2. The van der Waals surface area contributed by atoms with Crippen molar-refractivity contribution in [1.29, 1.82) is 0 Å². The highest BCUT2D eigenvalue weighted by Gasteiger charge is 2.12. The predicted octanol–water partition coefficient (Wildman–Crippen LogP) is 2.45. The second-order valence-electron chi connectivity index (χ2n) is 4.22. The average Bonchev–Trinajstić information content (AvgIpc) is 2.95. The summed E-state index contributed by atoms with van der Waals surface area (Å²) in [6, 6.07) is 5.21. The zero-order valence-corrected chi connectivity index (χ0v) is 12.1. The van der Waals surface area contributed by atoms with Gasteiger partial charge in [0.15, 0.2) is 0 Å². The minimum absolute atomic E-state index is 0.156. The summed E-state index contributed by atoms with van der Waals surface area (Å²) in [4.78, 5) is 27.7. The van der Waals surface area contributed by atoms with E-state index in [9.17, 15) is 9.59 Å². The van der Waals surface area contributed by atoms with Gasteiger partial charge in [-0.3, -0.25) is 9.59 Å². The molecule has 1 aromatic carbocycles. The second-order valence-corrected chi connectivity index (χ2v) is 4.94. The third-order valence-electron chi connectivity index (χ3n) is 2.75. The van der Waals surface area contributed by atoms with Gasteiger partial charge in [-0.1, -0.05) is 6.07 Å². The van der Waals surface area contributed by atoms with Crippen LogP contribution in [0.15, 0.2) is 29.1 Å². The van der Waals surface area contributed by atoms with Crippen molar-refractivity contribution in [2.75, 3.05) is 11.9 Å². The molecule has 5 nitrogen and oxygen atoms in total. The predicted molar refractivity (Wildman–Crippen MR) is 79.3 cm³/mol. The van der Waals surface area contributed by atoms with Crippen molar-refractivity contribution in [2.24, 2.45) is 0 Å². The third kappa shape index (κ3) is 3.21. The normalized spacial score (nSPS) is 10.1. The van der Waals surface area contributed by atoms with E-state index in [0.29, 0.717) is 23.5 Å². The van der Waals surface area contributed by atoms with Crippen LogP contribution in [0.25, 0.3) is 0 Å². The summed E-state index contributed by atoms with van der Waals surface area (Å²) >= 11 is 1.36. The van der Waals surface area contributed by atoms with Crippen molar-refractivity contribution in [2.45, 2.75) is 13.8 Å². The first kappa shape index (κ1) is 14.2. The lowest BCUT2D eigenvalue weighted by Gasteiger charge is -2.09. The van der Waals surface area contributed by atoms with E-state index in [4.69, 9.17) is 0 Å². The smallest absolute Gasteiger partial charge is 0.275 e. The number of aromatic nitrogens is 1. The Morgan fingerprint density at radius 3 is 2.75 bits per heavy atom. The molecule has 0 spiro atoms. The molecule has 1 heterocycles. The van der Waals surface area contributed by atoms with Crippen LogP contribution in [0.4, 0.5) is 5.69 Å². The number of aryl methyl sites for hydroxylation is 1. The zero-order valence-electron chi connectivity index (χ0n) is 11.3. The van der Waals surface area contributed by atoms with E-state index in [2.05, 4.69) is 15.6 Å². The summed E-state index contributed by atoms with van der Waals surface area (Å²) in [6.45, 7) is 4.29. The Kier molecular flexibility index (Phi) is 4.47. The Hall–Kier alpha value is -2.21. The lowest BCUT2D eigenvalue weighted by atomic mass is 10.1. The number of rotatable bonds is 4. The zero-order chi connectivity index (χ0) is 14.5. The highest BCUT2D eigenvalue weighted by molar-refractivity contribution is 7.07. The van der Waals surface area contributed by atoms with E-state index in [0.717, 1.165) is 5.56 Å². The fourth-order valence-corrected chi connectivity index (χ4v) is 2.20. The van der Waals surface area contributed by atoms with Gasteiger partial charge < -0.3 is 10.6 Å². The van der Waals surface area contributed by atoms with Gasteiger partial charge in [0.05, 0.1) is 5.51 Å². The molecule has 2 rings (SSSR count). The van der Waals surface area contributed by atoms with Crippen LogP contribution in [0.3, 0.4) is 0 Å². The number of amides is 2. The maximum absolute atomic E-state index is 12.0. The number of benzene rings is 1. The number of carbonyl (C=O) groups excluding carboxylic acids is 2. The van der Waals surface area contributed by atoms with Crippen LogP contribution >= 0.6 is 11.3 Å². The van der Waals surface area contributed by atoms with Crippen molar-refractivity contribution in [3.05, 3.63) is 45.9 Å². The summed E-state index contributed by atoms with van der Waals surface area (Å²) in [5.74, 6) is -0.431. The second kappa shape index (κ2) is 6.29. The Balaban J connectivity index is 2.21. The van der Waals surface area contributed by atoms with Gasteiger partial charge in [0, 0.05) is 23.2 Å². The average molecular weight is 289 g/mol. The molecule has 1 aromatic heterocycles. The molecule has 0 aliphatic rings. The van der Waals surface area contributed by atoms with Crippen LogP contribution in [0, 0.1) is 6.92 Å². The van der Waals surface area contributed by atoms with Crippen molar-refractivity contribution >= 4 is 28.8 Å². The first-order valence-corrected chi connectivity index (χ1v) is 7.14. The van der Waals surface area contributed by atoms with Gasteiger partial charge in [-0.15, -0.1) is 11.3 Å². The fourth-order valence-electron chi connectivity index (χ4n) is 1.67. The van der Waals surface area contributed by atoms with Crippen LogP contribution in [0.1, 0.15) is 33.3 Å². The van der Waals surface area contributed by atoms with E-state index in [1.807, 2.05) is 13.8 Å². The summed E-state index contributed by atoms with van der Waals surface area (Å²) < 4.78 is 0. The number of thiazole rings is 1. The lowest BCUT2D eigenvalue weighted by Crippen LogP contribution is -2.23. The molecule has 0 aliphatic heterocycles. The molecule has 0 radical (unpaired) electrons. The first-order chi connectivity index (χ1) is 9.61. The van der Waals surface area contributed by atoms with Gasteiger partial charge in [-0.05, 0) is 31.5 Å². The Labute approximate surface area is 121 Å². The minimum atomic E-state index is -0.276. The molecule has 104 valence electrons. The molecule has 2 amide bonds. The molecule has 0 aliphatic carbocycles. The van der Waals surface area contributed by atoms with Crippen molar-refractivity contribution < 1.29 is 9.59 Å². The molecule has 0 fully saturated rings. The quantitative estimate of drug-likeness (QED) is 0.908. The lowest BCUT2D eigenvalue weighted by molar-refractivity contribution is 0.0954. The summed E-state index contributed by atoms with van der Waals surface area (Å²) in [6.07, 6.45) is 0. The minimum Gasteiger partial charge on any atom is -0.352 e. The molecular formula is C14H15N3O2S. The van der Waals surface area contributed by atoms with E-state index in [1.165, 1.54) is 11.3 Å². The highest BCUT2D eigenvalue weighted by atomic mass is 32.1. The molecule has 0 atom stereocenters. The number of nitrogens with zero attached hydrogens (tertiary/aromatic N) is 1. The summed E-state index contributed by atoms with van der Waals surface area (Å²) in [5, 5.41) is 7.18. The number of hydrogen-bond acceptors (Lipinski definition) is 4. The summed E-state index contributed by atoms with van der Waals surface area (Å²) in [7, 11) is 0. The van der Waals surface area contributed by atoms with Crippen molar-refractivity contribution in [1.82, 2.24) is 10.3 Å². The summed E-state index contributed by atoms with van der Waals surface area (Å²) in [5.41, 5.74) is 4.00. The SMILES string of the molecule is CCNC(=O)c1ccc(C)c(NC(=O)c2cscn2)c1. The van der Waals surface area contributed by atoms with E-state index >= 15 is 0 Å². The first-order valence-electron chi connectivity index (χ1n) is 6.20. The molecule has 6 heteroatoms. The molecule has 0 bridgehead atoms. The maximum Gasteiger partial charge on any atom is 0.275 e. The monoisotopic (exact) mass is 289 g/mol. The molecule has 0 saturated carbocycles. The number of anilines is 1. The third-order valence-corrected chi connectivity index (χ3v) is 3.34. The van der Waals surface area contributed by atoms with E-state index in [1.54, 1.807) is 29.1 Å². The highest BCUT2D eigenvalue weighted by Crippen LogP contribution is 2.18. The molecular weight excluding hydrogens is 274 g/mol. The standard InChI is InChI=1S/C14H15N3O2S/c1-3-15-13(18)10-5-4-9(2)11(6-10)17-14(19)12-7-20-8-16-12/h4-8H,3H2,1-2H3,(H,15,18)(H,17,19). The molecule has 2 N–H and O–H groups in total. The Morgan fingerprint density at radius 1 is 1.30 bits per heavy atom. The van der Waals surface area contributed by atoms with Gasteiger partial charge in [0.1, 0.15) is 5.69 Å². The topological polar surface area (TPSA) is 71.1 Å². The molecule has 2 aromatic rings. The van der Waals surface area contributed by atoms with Crippen molar-refractivity contribution in [3.63, 3.8) is 0 Å². The van der Waals surface area contributed by atoms with E-state index < -0.39 is 0 Å². The van der Waals surface area contributed by atoms with Crippen LogP contribution in [-0.2, 0) is 0 Å². The Bertz CT molecular complexity index is 623. The van der Waals surface area contributed by atoms with E-state index in [-0.39, 0.29) is 11.8 Å². The van der Waals surface area contributed by atoms with Gasteiger partial charge >= 0.3 is 0 Å². The number of hydrogen-bond donors (Lipinski definition) is 2. The van der Waals surface area contributed by atoms with Gasteiger partial charge in [0.2, 0.25) is 0 Å².